The summed E-state index contributed by atoms with van der Waals surface area (Å²) >= 11 is 0. The minimum absolute atomic E-state index is 0.0614. The van der Waals surface area contributed by atoms with Crippen molar-refractivity contribution >= 4 is 16.1 Å². The van der Waals surface area contributed by atoms with E-state index in [1.54, 1.807) is 18.2 Å². The molecule has 0 saturated carbocycles. The van der Waals surface area contributed by atoms with Crippen LogP contribution in [-0.2, 0) is 21.5 Å². The van der Waals surface area contributed by atoms with Crippen molar-refractivity contribution in [2.75, 3.05) is 0 Å². The number of esters is 1. The molecule has 0 aliphatic rings. The summed E-state index contributed by atoms with van der Waals surface area (Å²) in [7, 11) is -3.91. The van der Waals surface area contributed by atoms with Gasteiger partial charge in [0.2, 0.25) is 0 Å². The molecule has 5 nitrogen and oxygen atoms in total. The van der Waals surface area contributed by atoms with Crippen LogP contribution in [0.1, 0.15) is 15.9 Å². The first-order valence-electron chi connectivity index (χ1n) is 7.85. The van der Waals surface area contributed by atoms with Crippen LogP contribution in [0.15, 0.2) is 89.8 Å². The number of hydrogen-bond acceptors (Lipinski definition) is 5. The van der Waals surface area contributed by atoms with Gasteiger partial charge in [-0.2, -0.15) is 8.42 Å². The smallest absolute Gasteiger partial charge is 0.339 e. The van der Waals surface area contributed by atoms with E-state index in [-0.39, 0.29) is 17.3 Å². The van der Waals surface area contributed by atoms with Crippen molar-refractivity contribution < 1.29 is 22.1 Å². The maximum Gasteiger partial charge on any atom is 0.339 e. The lowest BCUT2D eigenvalue weighted by Gasteiger charge is -2.08. The van der Waals surface area contributed by atoms with Crippen molar-refractivity contribution in [2.45, 2.75) is 11.5 Å². The Kier molecular flexibility index (Phi) is 5.34. The molecule has 3 rings (SSSR count). The highest BCUT2D eigenvalue weighted by atomic mass is 32.2. The fraction of sp³-hybridized carbons (Fsp3) is 0.0500. The first-order valence-corrected chi connectivity index (χ1v) is 9.26. The van der Waals surface area contributed by atoms with Gasteiger partial charge in [-0.25, -0.2) is 4.79 Å². The third kappa shape index (κ3) is 4.49. The number of carbonyl (C=O) groups excluding carboxylic acids is 1. The van der Waals surface area contributed by atoms with Crippen LogP contribution in [0.2, 0.25) is 0 Å². The zero-order valence-corrected chi connectivity index (χ0v) is 14.6. The summed E-state index contributed by atoms with van der Waals surface area (Å²) in [4.78, 5) is 12.1. The van der Waals surface area contributed by atoms with Crippen molar-refractivity contribution in [3.8, 4) is 5.75 Å². The van der Waals surface area contributed by atoms with Gasteiger partial charge in [-0.15, -0.1) is 0 Å². The molecule has 132 valence electrons. The number of carbonyl (C=O) groups is 1. The van der Waals surface area contributed by atoms with Crippen molar-refractivity contribution in [3.05, 3.63) is 96.1 Å². The summed E-state index contributed by atoms with van der Waals surface area (Å²) < 4.78 is 34.6. The second kappa shape index (κ2) is 7.84. The average molecular weight is 368 g/mol. The van der Waals surface area contributed by atoms with Gasteiger partial charge < -0.3 is 8.92 Å². The van der Waals surface area contributed by atoms with Crippen molar-refractivity contribution in [1.82, 2.24) is 0 Å². The molecule has 0 spiro atoms. The van der Waals surface area contributed by atoms with Crippen LogP contribution in [0, 0.1) is 0 Å². The molecule has 0 heterocycles. The molecule has 0 N–H and O–H groups in total. The number of ether oxygens (including phenoxy) is 1. The predicted molar refractivity (Wildman–Crippen MR) is 96.3 cm³/mol. The molecule has 0 unspecified atom stereocenters. The maximum absolute atomic E-state index is 12.2. The summed E-state index contributed by atoms with van der Waals surface area (Å²) in [5.74, 6) is -0.375. The topological polar surface area (TPSA) is 69.7 Å². The van der Waals surface area contributed by atoms with Crippen LogP contribution in [0.3, 0.4) is 0 Å². The molecule has 0 aliphatic carbocycles. The van der Waals surface area contributed by atoms with Crippen molar-refractivity contribution in [2.24, 2.45) is 0 Å². The molecule has 3 aromatic rings. The van der Waals surface area contributed by atoms with Gasteiger partial charge in [-0.1, -0.05) is 48.5 Å². The Bertz CT molecular complexity index is 966. The van der Waals surface area contributed by atoms with Crippen LogP contribution in [0.4, 0.5) is 0 Å². The second-order valence-corrected chi connectivity index (χ2v) is 6.98. The zero-order chi connectivity index (χ0) is 18.4. The zero-order valence-electron chi connectivity index (χ0n) is 13.7. The highest BCUT2D eigenvalue weighted by Gasteiger charge is 2.16. The number of hydrogen-bond donors (Lipinski definition) is 0. The van der Waals surface area contributed by atoms with Gasteiger partial charge in [0.25, 0.3) is 0 Å². The Balaban J connectivity index is 1.64. The van der Waals surface area contributed by atoms with Gasteiger partial charge in [-0.05, 0) is 42.0 Å². The first-order chi connectivity index (χ1) is 12.5. The van der Waals surface area contributed by atoms with E-state index in [2.05, 4.69) is 0 Å². The van der Waals surface area contributed by atoms with Crippen LogP contribution in [-0.4, -0.2) is 14.4 Å². The minimum atomic E-state index is -3.91. The van der Waals surface area contributed by atoms with Gasteiger partial charge in [0.15, 0.2) is 0 Å². The Morgan fingerprint density at radius 3 is 1.96 bits per heavy atom. The van der Waals surface area contributed by atoms with E-state index in [9.17, 15) is 13.2 Å². The highest BCUT2D eigenvalue weighted by Crippen LogP contribution is 2.19. The molecular formula is C20H16O5S. The molecule has 0 aliphatic heterocycles. The molecule has 0 bridgehead atoms. The van der Waals surface area contributed by atoms with Crippen molar-refractivity contribution in [3.63, 3.8) is 0 Å². The standard InChI is InChI=1S/C20H16O5S/c21-20(24-15-16-7-3-1-4-8-16)17-11-13-18(14-12-17)25-26(22,23)19-9-5-2-6-10-19/h1-14H,15H2. The van der Waals surface area contributed by atoms with Crippen LogP contribution in [0.5, 0.6) is 5.75 Å². The fourth-order valence-corrected chi connectivity index (χ4v) is 3.17. The maximum atomic E-state index is 12.2. The SMILES string of the molecule is O=C(OCc1ccccc1)c1ccc(OS(=O)(=O)c2ccccc2)cc1. The lowest BCUT2D eigenvalue weighted by atomic mass is 10.2. The highest BCUT2D eigenvalue weighted by molar-refractivity contribution is 7.87. The van der Waals surface area contributed by atoms with E-state index in [0.29, 0.717) is 5.56 Å². The summed E-state index contributed by atoms with van der Waals surface area (Å²) in [5.41, 5.74) is 1.19. The molecular weight excluding hydrogens is 352 g/mol. The van der Waals surface area contributed by atoms with E-state index in [1.165, 1.54) is 36.4 Å². The molecule has 6 heteroatoms. The third-order valence-electron chi connectivity index (χ3n) is 3.54. The van der Waals surface area contributed by atoms with Gasteiger partial charge in [0.1, 0.15) is 17.3 Å². The predicted octanol–water partition coefficient (Wildman–Crippen LogP) is 3.81. The minimum Gasteiger partial charge on any atom is -0.457 e. The fourth-order valence-electron chi connectivity index (χ4n) is 2.21. The Morgan fingerprint density at radius 2 is 1.35 bits per heavy atom. The molecule has 0 fully saturated rings. The van der Waals surface area contributed by atoms with Gasteiger partial charge in [0.05, 0.1) is 5.56 Å². The quantitative estimate of drug-likeness (QED) is 0.489. The second-order valence-electron chi connectivity index (χ2n) is 5.44. The average Bonchev–Trinajstić information content (AvgIpc) is 2.68. The molecule has 0 radical (unpaired) electrons. The van der Waals surface area contributed by atoms with Crippen LogP contribution < -0.4 is 4.18 Å². The van der Waals surface area contributed by atoms with E-state index in [0.717, 1.165) is 5.56 Å². The normalized spacial score (nSPS) is 10.9. The molecule has 0 atom stereocenters. The molecule has 26 heavy (non-hydrogen) atoms. The Hall–Kier alpha value is -3.12. The monoisotopic (exact) mass is 368 g/mol. The van der Waals surface area contributed by atoms with Gasteiger partial charge in [0, 0.05) is 0 Å². The van der Waals surface area contributed by atoms with Crippen LogP contribution in [0.25, 0.3) is 0 Å². The van der Waals surface area contributed by atoms with Crippen molar-refractivity contribution in [1.29, 1.82) is 0 Å². The summed E-state index contributed by atoms with van der Waals surface area (Å²) in [5, 5.41) is 0. The van der Waals surface area contributed by atoms with E-state index in [1.807, 2.05) is 30.3 Å². The number of rotatable bonds is 6. The summed E-state index contributed by atoms with van der Waals surface area (Å²) in [6.45, 7) is 0.167. The van der Waals surface area contributed by atoms with Gasteiger partial charge >= 0.3 is 16.1 Å². The lowest BCUT2D eigenvalue weighted by molar-refractivity contribution is 0.0472. The van der Waals surface area contributed by atoms with Gasteiger partial charge in [-0.3, -0.25) is 0 Å². The van der Waals surface area contributed by atoms with Crippen LogP contribution >= 0.6 is 0 Å². The Morgan fingerprint density at radius 1 is 0.769 bits per heavy atom. The third-order valence-corrected chi connectivity index (χ3v) is 4.80. The van der Waals surface area contributed by atoms with E-state index >= 15 is 0 Å². The summed E-state index contributed by atoms with van der Waals surface area (Å²) in [6.07, 6.45) is 0. The largest absolute Gasteiger partial charge is 0.457 e. The van der Waals surface area contributed by atoms with E-state index < -0.39 is 16.1 Å². The van der Waals surface area contributed by atoms with E-state index in [4.69, 9.17) is 8.92 Å². The molecule has 0 aromatic heterocycles. The molecule has 3 aromatic carbocycles. The molecule has 0 amide bonds. The lowest BCUT2D eigenvalue weighted by Crippen LogP contribution is -2.10. The Labute approximate surface area is 151 Å². The molecule has 0 saturated heterocycles. The summed E-state index contributed by atoms with van der Waals surface area (Å²) in [6, 6.07) is 22.9. The first kappa shape index (κ1) is 17.7. The number of benzene rings is 3.